The molecule has 0 heterocycles. The molecule has 0 unspecified atom stereocenters. The summed E-state index contributed by atoms with van der Waals surface area (Å²) in [6, 6.07) is 3.04. The molecule has 2 atom stereocenters. The normalized spacial score (nSPS) is 14.0. The molecule has 21 heavy (non-hydrogen) atoms. The monoisotopic (exact) mass is 319 g/mol. The predicted octanol–water partition coefficient (Wildman–Crippen LogP) is 2.63. The molecular weight excluding hydrogens is 294 g/mol. The third kappa shape index (κ3) is 4.95. The van der Waals surface area contributed by atoms with Crippen molar-refractivity contribution in [3.63, 3.8) is 0 Å². The summed E-state index contributed by atoms with van der Waals surface area (Å²) in [6.07, 6.45) is -0.326. The van der Waals surface area contributed by atoms with Gasteiger partial charge < -0.3 is 25.4 Å². The Morgan fingerprint density at radius 2 is 1.57 bits per heavy atom. The van der Waals surface area contributed by atoms with Crippen LogP contribution in [0.5, 0.6) is 17.2 Å². The van der Waals surface area contributed by atoms with Crippen molar-refractivity contribution in [2.75, 3.05) is 14.2 Å². The summed E-state index contributed by atoms with van der Waals surface area (Å²) in [5, 5.41) is 20.2. The fourth-order valence-electron chi connectivity index (χ4n) is 1.84. The quantitative estimate of drug-likeness (QED) is 0.777. The van der Waals surface area contributed by atoms with Crippen LogP contribution in [0.25, 0.3) is 0 Å². The van der Waals surface area contributed by atoms with Crippen LogP contribution in [0.4, 0.5) is 0 Å². The SMILES string of the molecule is COc1cc([C@@H](O)C[C@H](N)C(C)(C)C)cc(OC)c1O.Cl. The highest BCUT2D eigenvalue weighted by Gasteiger charge is 2.25. The lowest BCUT2D eigenvalue weighted by atomic mass is 9.83. The van der Waals surface area contributed by atoms with Gasteiger partial charge in [-0.25, -0.2) is 0 Å². The third-order valence-electron chi connectivity index (χ3n) is 3.48. The highest BCUT2D eigenvalue weighted by Crippen LogP contribution is 2.39. The van der Waals surface area contributed by atoms with Gasteiger partial charge in [-0.05, 0) is 29.5 Å². The van der Waals surface area contributed by atoms with Crippen molar-refractivity contribution < 1.29 is 19.7 Å². The Kier molecular flexibility index (Phi) is 7.30. The molecule has 0 fully saturated rings. The van der Waals surface area contributed by atoms with E-state index in [4.69, 9.17) is 15.2 Å². The van der Waals surface area contributed by atoms with Crippen molar-refractivity contribution in [1.82, 2.24) is 0 Å². The van der Waals surface area contributed by atoms with E-state index in [0.29, 0.717) is 12.0 Å². The highest BCUT2D eigenvalue weighted by atomic mass is 35.5. The summed E-state index contributed by atoms with van der Waals surface area (Å²) in [7, 11) is 2.90. The molecule has 1 aromatic rings. The Morgan fingerprint density at radius 1 is 1.14 bits per heavy atom. The summed E-state index contributed by atoms with van der Waals surface area (Å²) >= 11 is 0. The number of halogens is 1. The zero-order valence-electron chi connectivity index (χ0n) is 13.2. The maximum atomic E-state index is 10.3. The molecule has 0 aromatic heterocycles. The van der Waals surface area contributed by atoms with Crippen LogP contribution in [0.2, 0.25) is 0 Å². The number of aromatic hydroxyl groups is 1. The van der Waals surface area contributed by atoms with E-state index in [1.807, 2.05) is 20.8 Å². The summed E-state index contributed by atoms with van der Waals surface area (Å²) in [4.78, 5) is 0. The summed E-state index contributed by atoms with van der Waals surface area (Å²) < 4.78 is 10.2. The number of methoxy groups -OCH3 is 2. The lowest BCUT2D eigenvalue weighted by molar-refractivity contribution is 0.132. The zero-order valence-corrected chi connectivity index (χ0v) is 14.0. The van der Waals surface area contributed by atoms with Crippen LogP contribution in [0.1, 0.15) is 38.9 Å². The van der Waals surface area contributed by atoms with Gasteiger partial charge in [-0.2, -0.15) is 0 Å². The van der Waals surface area contributed by atoms with E-state index < -0.39 is 6.10 Å². The first kappa shape index (κ1) is 19.8. The average molecular weight is 320 g/mol. The van der Waals surface area contributed by atoms with Crippen molar-refractivity contribution >= 4 is 12.4 Å². The Hall–Kier alpha value is -1.17. The summed E-state index contributed by atoms with van der Waals surface area (Å²) in [5.41, 5.74) is 6.60. The Labute approximate surface area is 132 Å². The molecule has 0 aliphatic heterocycles. The second kappa shape index (κ2) is 7.73. The maximum absolute atomic E-state index is 10.3. The molecule has 0 saturated heterocycles. The number of aliphatic hydroxyl groups is 1. The first-order valence-electron chi connectivity index (χ1n) is 6.59. The first-order chi connectivity index (χ1) is 9.20. The van der Waals surface area contributed by atoms with E-state index in [-0.39, 0.29) is 41.1 Å². The molecule has 0 radical (unpaired) electrons. The lowest BCUT2D eigenvalue weighted by Crippen LogP contribution is -2.36. The van der Waals surface area contributed by atoms with Gasteiger partial charge in [0.1, 0.15) is 0 Å². The van der Waals surface area contributed by atoms with Crippen molar-refractivity contribution in [1.29, 1.82) is 0 Å². The van der Waals surface area contributed by atoms with Gasteiger partial charge in [0.05, 0.1) is 20.3 Å². The van der Waals surface area contributed by atoms with Gasteiger partial charge in [-0.15, -0.1) is 12.4 Å². The Morgan fingerprint density at radius 3 is 1.90 bits per heavy atom. The van der Waals surface area contributed by atoms with Crippen molar-refractivity contribution in [2.24, 2.45) is 11.1 Å². The maximum Gasteiger partial charge on any atom is 0.200 e. The largest absolute Gasteiger partial charge is 0.502 e. The minimum absolute atomic E-state index is 0. The number of benzene rings is 1. The van der Waals surface area contributed by atoms with E-state index in [2.05, 4.69) is 0 Å². The molecule has 0 bridgehead atoms. The molecule has 6 heteroatoms. The Bertz CT molecular complexity index is 434. The molecule has 5 nitrogen and oxygen atoms in total. The van der Waals surface area contributed by atoms with Crippen molar-refractivity contribution in [3.05, 3.63) is 17.7 Å². The molecule has 0 saturated carbocycles. The molecule has 4 N–H and O–H groups in total. The molecule has 1 rings (SSSR count). The summed E-state index contributed by atoms with van der Waals surface area (Å²) in [6.45, 7) is 6.09. The van der Waals surface area contributed by atoms with Crippen molar-refractivity contribution in [2.45, 2.75) is 39.3 Å². The van der Waals surface area contributed by atoms with E-state index >= 15 is 0 Å². The van der Waals surface area contributed by atoms with Crippen LogP contribution in [0.15, 0.2) is 12.1 Å². The van der Waals surface area contributed by atoms with Crippen LogP contribution in [0.3, 0.4) is 0 Å². The zero-order chi connectivity index (χ0) is 15.5. The number of ether oxygens (including phenoxy) is 2. The van der Waals surface area contributed by atoms with Crippen LogP contribution < -0.4 is 15.2 Å². The number of nitrogens with two attached hydrogens (primary N) is 1. The number of rotatable bonds is 5. The molecule has 1 aromatic carbocycles. The van der Waals surface area contributed by atoms with E-state index in [9.17, 15) is 10.2 Å². The van der Waals surface area contributed by atoms with Crippen LogP contribution in [0, 0.1) is 5.41 Å². The average Bonchev–Trinajstić information content (AvgIpc) is 2.37. The molecule has 0 aliphatic carbocycles. The van der Waals surface area contributed by atoms with E-state index in [0.717, 1.165) is 0 Å². The predicted molar refractivity (Wildman–Crippen MR) is 85.5 cm³/mol. The van der Waals surface area contributed by atoms with Gasteiger partial charge in [0, 0.05) is 6.04 Å². The lowest BCUT2D eigenvalue weighted by Gasteiger charge is -2.29. The smallest absolute Gasteiger partial charge is 0.200 e. The fraction of sp³-hybridized carbons (Fsp3) is 0.600. The topological polar surface area (TPSA) is 84.9 Å². The minimum Gasteiger partial charge on any atom is -0.502 e. The van der Waals surface area contributed by atoms with E-state index in [1.54, 1.807) is 12.1 Å². The highest BCUT2D eigenvalue weighted by molar-refractivity contribution is 5.85. The van der Waals surface area contributed by atoms with Gasteiger partial charge in [0.25, 0.3) is 0 Å². The number of aliphatic hydroxyl groups excluding tert-OH is 1. The van der Waals surface area contributed by atoms with Gasteiger partial charge in [0.15, 0.2) is 11.5 Å². The Balaban J connectivity index is 0.00000400. The standard InChI is InChI=1S/C15H25NO4.ClH/c1-15(2,3)13(16)8-10(17)9-6-11(19-4)14(18)12(7-9)20-5;/h6-7,10,13,17-18H,8,16H2,1-5H3;1H/t10-,13-;/m0./s1. The summed E-state index contributed by atoms with van der Waals surface area (Å²) in [5.74, 6) is 0.455. The van der Waals surface area contributed by atoms with Gasteiger partial charge in [0.2, 0.25) is 5.75 Å². The van der Waals surface area contributed by atoms with Gasteiger partial charge in [-0.1, -0.05) is 20.8 Å². The van der Waals surface area contributed by atoms with Gasteiger partial charge in [-0.3, -0.25) is 0 Å². The van der Waals surface area contributed by atoms with Crippen LogP contribution in [-0.2, 0) is 0 Å². The second-order valence-corrected chi connectivity index (χ2v) is 6.00. The molecule has 0 spiro atoms. The van der Waals surface area contributed by atoms with E-state index in [1.165, 1.54) is 14.2 Å². The second-order valence-electron chi connectivity index (χ2n) is 6.00. The molecular formula is C15H26ClNO4. The van der Waals surface area contributed by atoms with Crippen molar-refractivity contribution in [3.8, 4) is 17.2 Å². The number of phenols is 1. The molecule has 0 amide bonds. The fourth-order valence-corrected chi connectivity index (χ4v) is 1.84. The minimum atomic E-state index is -0.743. The third-order valence-corrected chi connectivity index (χ3v) is 3.48. The number of hydrogen-bond acceptors (Lipinski definition) is 5. The van der Waals surface area contributed by atoms with Gasteiger partial charge >= 0.3 is 0 Å². The number of phenolic OH excluding ortho intramolecular Hbond substituents is 1. The van der Waals surface area contributed by atoms with Crippen LogP contribution in [-0.4, -0.2) is 30.5 Å². The van der Waals surface area contributed by atoms with Crippen LogP contribution >= 0.6 is 12.4 Å². The first-order valence-corrected chi connectivity index (χ1v) is 6.59. The molecule has 0 aliphatic rings. The molecule has 122 valence electrons. The number of hydrogen-bond donors (Lipinski definition) is 3.